The zero-order chi connectivity index (χ0) is 24.0. The topological polar surface area (TPSA) is 52.7 Å². The fourth-order valence-electron chi connectivity index (χ4n) is 3.14. The maximum Gasteiger partial charge on any atom is 0.322 e. The number of urea groups is 1. The van der Waals surface area contributed by atoms with Crippen LogP contribution in [-0.4, -0.2) is 34.3 Å². The van der Waals surface area contributed by atoms with Gasteiger partial charge in [-0.25, -0.2) is 13.6 Å². The van der Waals surface area contributed by atoms with E-state index in [1.54, 1.807) is 30.9 Å². The van der Waals surface area contributed by atoms with Gasteiger partial charge >= 0.3 is 6.03 Å². The molecule has 0 aliphatic carbocycles. The van der Waals surface area contributed by atoms with Gasteiger partial charge in [0.1, 0.15) is 18.2 Å². The first-order valence-electron chi connectivity index (χ1n) is 10.3. The average molecular weight is 492 g/mol. The van der Waals surface area contributed by atoms with Gasteiger partial charge in [0.25, 0.3) is 0 Å². The van der Waals surface area contributed by atoms with Gasteiger partial charge < -0.3 is 15.1 Å². The van der Waals surface area contributed by atoms with Crippen molar-refractivity contribution < 1.29 is 18.4 Å². The maximum absolute atomic E-state index is 13.4. The van der Waals surface area contributed by atoms with E-state index in [4.69, 9.17) is 11.6 Å². The molecule has 5 nitrogen and oxygen atoms in total. The van der Waals surface area contributed by atoms with E-state index < -0.39 is 11.8 Å². The van der Waals surface area contributed by atoms with Gasteiger partial charge in [-0.3, -0.25) is 4.79 Å². The quantitative estimate of drug-likeness (QED) is 0.411. The molecule has 0 fully saturated rings. The Morgan fingerprint density at radius 2 is 1.79 bits per heavy atom. The van der Waals surface area contributed by atoms with Crippen LogP contribution in [0.2, 0.25) is 5.02 Å². The Bertz CT molecular complexity index is 1090. The van der Waals surface area contributed by atoms with Crippen molar-refractivity contribution in [2.24, 2.45) is 0 Å². The SMILES string of the molecule is CC(C)N(CC(=O)N(Cc1ccc(F)cc1)Cc1cccs1)C(=O)Nc1ccc(F)c(Cl)c1. The number of benzene rings is 2. The number of anilines is 1. The minimum Gasteiger partial charge on any atom is -0.332 e. The Kier molecular flexibility index (Phi) is 8.41. The Balaban J connectivity index is 1.75. The van der Waals surface area contributed by atoms with E-state index in [1.807, 2.05) is 17.5 Å². The highest BCUT2D eigenvalue weighted by Gasteiger charge is 2.24. The van der Waals surface area contributed by atoms with Gasteiger partial charge in [-0.05, 0) is 61.2 Å². The highest BCUT2D eigenvalue weighted by molar-refractivity contribution is 7.09. The molecular formula is C24H24ClF2N3O2S. The van der Waals surface area contributed by atoms with Crippen molar-refractivity contribution in [2.45, 2.75) is 33.0 Å². The van der Waals surface area contributed by atoms with Crippen LogP contribution in [0, 0.1) is 11.6 Å². The number of halogens is 3. The molecule has 0 radical (unpaired) electrons. The summed E-state index contributed by atoms with van der Waals surface area (Å²) in [6.45, 7) is 4.08. The monoisotopic (exact) mass is 491 g/mol. The zero-order valence-electron chi connectivity index (χ0n) is 18.2. The third-order valence-electron chi connectivity index (χ3n) is 4.93. The molecule has 0 atom stereocenters. The van der Waals surface area contributed by atoms with E-state index in [9.17, 15) is 18.4 Å². The Morgan fingerprint density at radius 1 is 1.06 bits per heavy atom. The van der Waals surface area contributed by atoms with Crippen LogP contribution >= 0.6 is 22.9 Å². The minimum atomic E-state index is -0.587. The van der Waals surface area contributed by atoms with Crippen molar-refractivity contribution in [1.82, 2.24) is 9.80 Å². The first-order chi connectivity index (χ1) is 15.7. The molecule has 174 valence electrons. The van der Waals surface area contributed by atoms with E-state index in [2.05, 4.69) is 5.32 Å². The predicted octanol–water partition coefficient (Wildman–Crippen LogP) is 6.15. The molecule has 33 heavy (non-hydrogen) atoms. The summed E-state index contributed by atoms with van der Waals surface area (Å²) >= 11 is 7.32. The first-order valence-corrected chi connectivity index (χ1v) is 11.6. The number of amides is 3. The number of rotatable bonds is 8. The molecule has 0 unspecified atom stereocenters. The molecule has 3 amide bonds. The largest absolute Gasteiger partial charge is 0.332 e. The van der Waals surface area contributed by atoms with Crippen LogP contribution in [0.15, 0.2) is 60.0 Å². The third-order valence-corrected chi connectivity index (χ3v) is 6.08. The summed E-state index contributed by atoms with van der Waals surface area (Å²) in [7, 11) is 0. The van der Waals surface area contributed by atoms with Crippen molar-refractivity contribution in [2.75, 3.05) is 11.9 Å². The highest BCUT2D eigenvalue weighted by atomic mass is 35.5. The molecule has 0 aliphatic rings. The van der Waals surface area contributed by atoms with E-state index in [0.717, 1.165) is 16.5 Å². The summed E-state index contributed by atoms with van der Waals surface area (Å²) in [5.41, 5.74) is 1.11. The van der Waals surface area contributed by atoms with Gasteiger partial charge in [-0.15, -0.1) is 11.3 Å². The molecule has 1 heterocycles. The maximum atomic E-state index is 13.4. The van der Waals surface area contributed by atoms with Gasteiger partial charge in [-0.1, -0.05) is 29.8 Å². The summed E-state index contributed by atoms with van der Waals surface area (Å²) < 4.78 is 26.7. The third kappa shape index (κ3) is 7.00. The number of hydrogen-bond acceptors (Lipinski definition) is 3. The number of hydrogen-bond donors (Lipinski definition) is 1. The smallest absolute Gasteiger partial charge is 0.322 e. The fraction of sp³-hybridized carbons (Fsp3) is 0.250. The number of nitrogens with one attached hydrogen (secondary N) is 1. The molecule has 1 N–H and O–H groups in total. The minimum absolute atomic E-state index is 0.110. The lowest BCUT2D eigenvalue weighted by Crippen LogP contribution is -2.47. The molecule has 0 saturated carbocycles. The van der Waals surface area contributed by atoms with Gasteiger partial charge in [0.2, 0.25) is 5.91 Å². The van der Waals surface area contributed by atoms with Crippen molar-refractivity contribution in [3.63, 3.8) is 0 Å². The van der Waals surface area contributed by atoms with E-state index in [-0.39, 0.29) is 35.9 Å². The van der Waals surface area contributed by atoms with Crippen LogP contribution in [0.3, 0.4) is 0 Å². The van der Waals surface area contributed by atoms with Crippen molar-refractivity contribution in [3.05, 3.63) is 87.1 Å². The Hall–Kier alpha value is -2.97. The summed E-state index contributed by atoms with van der Waals surface area (Å²) in [5.74, 6) is -1.19. The van der Waals surface area contributed by atoms with Crippen molar-refractivity contribution in [3.8, 4) is 0 Å². The highest BCUT2D eigenvalue weighted by Crippen LogP contribution is 2.20. The Morgan fingerprint density at radius 3 is 2.39 bits per heavy atom. The van der Waals surface area contributed by atoms with Crippen LogP contribution in [0.1, 0.15) is 24.3 Å². The normalized spacial score (nSPS) is 10.8. The molecule has 0 spiro atoms. The van der Waals surface area contributed by atoms with Gasteiger partial charge in [0, 0.05) is 23.2 Å². The molecule has 2 aromatic carbocycles. The van der Waals surface area contributed by atoms with Crippen molar-refractivity contribution >= 4 is 40.6 Å². The number of carbonyl (C=O) groups is 2. The first kappa shape index (κ1) is 24.7. The lowest BCUT2D eigenvalue weighted by atomic mass is 10.2. The summed E-state index contributed by atoms with van der Waals surface area (Å²) in [6.07, 6.45) is 0. The molecule has 3 rings (SSSR count). The lowest BCUT2D eigenvalue weighted by Gasteiger charge is -2.30. The molecular weight excluding hydrogens is 468 g/mol. The van der Waals surface area contributed by atoms with Gasteiger partial charge in [0.05, 0.1) is 11.6 Å². The second-order valence-corrected chi connectivity index (χ2v) is 9.18. The van der Waals surface area contributed by atoms with E-state index in [1.165, 1.54) is 40.5 Å². The average Bonchev–Trinajstić information content (AvgIpc) is 3.28. The molecule has 0 aliphatic heterocycles. The predicted molar refractivity (Wildman–Crippen MR) is 127 cm³/mol. The molecule has 1 aromatic heterocycles. The number of thiophene rings is 1. The molecule has 3 aromatic rings. The van der Waals surface area contributed by atoms with Crippen LogP contribution < -0.4 is 5.32 Å². The molecule has 0 saturated heterocycles. The number of carbonyl (C=O) groups excluding carboxylic acids is 2. The van der Waals surface area contributed by atoms with E-state index in [0.29, 0.717) is 12.2 Å². The lowest BCUT2D eigenvalue weighted by molar-refractivity contribution is -0.133. The second kappa shape index (κ2) is 11.2. The summed E-state index contributed by atoms with van der Waals surface area (Å²) in [6, 6.07) is 12.9. The van der Waals surface area contributed by atoms with Crippen LogP contribution in [0.25, 0.3) is 0 Å². The summed E-state index contributed by atoms with van der Waals surface area (Å²) in [4.78, 5) is 30.2. The second-order valence-electron chi connectivity index (χ2n) is 7.74. The fourth-order valence-corrected chi connectivity index (χ4v) is 4.04. The van der Waals surface area contributed by atoms with Crippen molar-refractivity contribution in [1.29, 1.82) is 0 Å². The molecule has 0 bridgehead atoms. The summed E-state index contributed by atoms with van der Waals surface area (Å²) in [5, 5.41) is 4.48. The standard InChI is InChI=1S/C24H24ClF2N3O2S/c1-16(2)30(24(32)28-19-9-10-22(27)21(25)12-19)15-23(31)29(14-20-4-3-11-33-20)13-17-5-7-18(26)8-6-17/h3-12,16H,13-15H2,1-2H3,(H,28,32). The van der Waals surface area contributed by atoms with Crippen LogP contribution in [0.5, 0.6) is 0 Å². The van der Waals surface area contributed by atoms with Gasteiger partial charge in [0.15, 0.2) is 0 Å². The van der Waals surface area contributed by atoms with Crippen LogP contribution in [0.4, 0.5) is 19.3 Å². The number of nitrogens with zero attached hydrogens (tertiary/aromatic N) is 2. The Labute approximate surface area is 200 Å². The molecule has 9 heteroatoms. The van der Waals surface area contributed by atoms with E-state index >= 15 is 0 Å². The van der Waals surface area contributed by atoms with Crippen LogP contribution in [-0.2, 0) is 17.9 Å². The van der Waals surface area contributed by atoms with Gasteiger partial charge in [-0.2, -0.15) is 0 Å². The zero-order valence-corrected chi connectivity index (χ0v) is 19.8.